The van der Waals surface area contributed by atoms with Gasteiger partial charge in [0.2, 0.25) is 0 Å². The average molecular weight is 703 g/mol. The number of allylic oxidation sites excluding steroid dienone is 2. The molecule has 54 heavy (non-hydrogen) atoms. The van der Waals surface area contributed by atoms with Crippen molar-refractivity contribution in [1.82, 2.24) is 0 Å². The predicted molar refractivity (Wildman–Crippen MR) is 226 cm³/mol. The Labute approximate surface area is 321 Å². The van der Waals surface area contributed by atoms with Gasteiger partial charge >= 0.3 is 0 Å². The lowest BCUT2D eigenvalue weighted by Crippen LogP contribution is -2.48. The zero-order valence-electron chi connectivity index (χ0n) is 31.2. The zero-order chi connectivity index (χ0) is 36.0. The maximum absolute atomic E-state index is 2.48. The number of rotatable bonds is 9. The Bertz CT molecular complexity index is 2130. The van der Waals surface area contributed by atoms with Gasteiger partial charge in [0, 0.05) is 39.5 Å². The summed E-state index contributed by atoms with van der Waals surface area (Å²) in [6, 6.07) is 60.8. The van der Waals surface area contributed by atoms with E-state index in [9.17, 15) is 0 Å². The van der Waals surface area contributed by atoms with Gasteiger partial charge < -0.3 is 9.80 Å². The van der Waals surface area contributed by atoms with E-state index >= 15 is 0 Å². The van der Waals surface area contributed by atoms with E-state index in [2.05, 4.69) is 186 Å². The van der Waals surface area contributed by atoms with Crippen molar-refractivity contribution in [2.45, 2.75) is 68.6 Å². The van der Waals surface area contributed by atoms with Crippen molar-refractivity contribution in [1.29, 1.82) is 0 Å². The average Bonchev–Trinajstić information content (AvgIpc) is 3.23. The van der Waals surface area contributed by atoms with Crippen LogP contribution in [0.5, 0.6) is 0 Å². The third-order valence-corrected chi connectivity index (χ3v) is 13.4. The fourth-order valence-electron chi connectivity index (χ4n) is 11.4. The van der Waals surface area contributed by atoms with Crippen LogP contribution in [0, 0.1) is 17.8 Å². The minimum atomic E-state index is -0.170. The molecule has 4 fully saturated rings. The first-order valence-electron chi connectivity index (χ1n) is 20.4. The summed E-state index contributed by atoms with van der Waals surface area (Å²) < 4.78 is 0. The second-order valence-electron chi connectivity index (χ2n) is 16.8. The molecule has 0 N–H and O–H groups in total. The van der Waals surface area contributed by atoms with Gasteiger partial charge in [-0.25, -0.2) is 0 Å². The van der Waals surface area contributed by atoms with Crippen LogP contribution >= 0.6 is 0 Å². The van der Waals surface area contributed by atoms with Gasteiger partial charge in [-0.05, 0) is 170 Å². The molecule has 11 rings (SSSR count). The van der Waals surface area contributed by atoms with Crippen LogP contribution in [0.2, 0.25) is 0 Å². The minimum absolute atomic E-state index is 0.170. The lowest BCUT2D eigenvalue weighted by Gasteiger charge is -2.57. The molecule has 268 valence electrons. The summed E-state index contributed by atoms with van der Waals surface area (Å²) in [5.41, 5.74) is 11.6. The standard InChI is InChI=1S/C52H50N2/c1-5-13-45(14-6-1)53(46-15-7-2-8-16-46)49-27-21-43(22-28-49)52(31-11-4-12-32-52)44-23-29-50(30-24-44)54(47-17-9-3-10-18-47)48-25-19-42(20-26-48)51-36-39-33-40(37-51)35-41(34-39)38-51/h1-3,5-11,13-31,39-41H,4,12,32-38H2. The molecule has 0 spiro atoms. The molecule has 5 aliphatic carbocycles. The van der Waals surface area contributed by atoms with Gasteiger partial charge in [0.15, 0.2) is 0 Å². The predicted octanol–water partition coefficient (Wildman–Crippen LogP) is 14.1. The molecular formula is C52H50N2. The Balaban J connectivity index is 0.975. The molecule has 2 nitrogen and oxygen atoms in total. The molecule has 6 aromatic rings. The summed E-state index contributed by atoms with van der Waals surface area (Å²) in [5, 5.41) is 0. The van der Waals surface area contributed by atoms with E-state index in [4.69, 9.17) is 0 Å². The molecule has 0 aromatic heterocycles. The molecular weight excluding hydrogens is 653 g/mol. The van der Waals surface area contributed by atoms with E-state index in [1.807, 2.05) is 0 Å². The summed E-state index contributed by atoms with van der Waals surface area (Å²) in [6.45, 7) is 0. The molecule has 4 saturated carbocycles. The fourth-order valence-corrected chi connectivity index (χ4v) is 11.4. The second kappa shape index (κ2) is 13.8. The van der Waals surface area contributed by atoms with Crippen LogP contribution in [-0.2, 0) is 10.8 Å². The number of benzene rings is 6. The van der Waals surface area contributed by atoms with Crippen molar-refractivity contribution >= 4 is 34.1 Å². The van der Waals surface area contributed by atoms with Gasteiger partial charge in [0.05, 0.1) is 0 Å². The number of nitrogens with zero attached hydrogens (tertiary/aromatic N) is 2. The fraction of sp³-hybridized carbons (Fsp3) is 0.269. The molecule has 0 aliphatic heterocycles. The van der Waals surface area contributed by atoms with Crippen LogP contribution in [0.1, 0.15) is 74.5 Å². The highest BCUT2D eigenvalue weighted by atomic mass is 15.1. The van der Waals surface area contributed by atoms with E-state index in [0.29, 0.717) is 5.41 Å². The normalized spacial score (nSPS) is 25.4. The quantitative estimate of drug-likeness (QED) is 0.138. The maximum Gasteiger partial charge on any atom is 0.0461 e. The SMILES string of the molecule is C1=CC(c2ccc(N(c3ccccc3)c3ccccc3)cc2)(c2ccc(N(c3ccccc3)c3ccc(C45CC6CC(CC(C6)C4)C5)cc3)cc2)CCC1. The Morgan fingerprint density at radius 3 is 1.09 bits per heavy atom. The first kappa shape index (κ1) is 33.2. The number of hydrogen-bond donors (Lipinski definition) is 0. The first-order valence-corrected chi connectivity index (χ1v) is 20.4. The summed E-state index contributed by atoms with van der Waals surface area (Å²) in [6.07, 6.45) is 16.9. The Morgan fingerprint density at radius 1 is 0.389 bits per heavy atom. The van der Waals surface area contributed by atoms with Crippen molar-refractivity contribution in [3.8, 4) is 0 Å². The topological polar surface area (TPSA) is 6.48 Å². The van der Waals surface area contributed by atoms with Crippen molar-refractivity contribution in [2.24, 2.45) is 17.8 Å². The molecule has 0 amide bonds. The number of anilines is 6. The van der Waals surface area contributed by atoms with E-state index in [-0.39, 0.29) is 5.41 Å². The second-order valence-corrected chi connectivity index (χ2v) is 16.8. The van der Waals surface area contributed by atoms with Gasteiger partial charge in [0.1, 0.15) is 0 Å². The Morgan fingerprint density at radius 2 is 0.741 bits per heavy atom. The first-order chi connectivity index (χ1) is 26.7. The summed E-state index contributed by atoms with van der Waals surface area (Å²) >= 11 is 0. The Hall–Kier alpha value is -5.34. The largest absolute Gasteiger partial charge is 0.311 e. The van der Waals surface area contributed by atoms with Crippen LogP contribution in [0.25, 0.3) is 0 Å². The molecule has 6 aromatic carbocycles. The minimum Gasteiger partial charge on any atom is -0.311 e. The van der Waals surface area contributed by atoms with Gasteiger partial charge in [0.25, 0.3) is 0 Å². The molecule has 5 aliphatic rings. The van der Waals surface area contributed by atoms with Crippen LogP contribution in [0.4, 0.5) is 34.1 Å². The summed E-state index contributed by atoms with van der Waals surface area (Å²) in [5.74, 6) is 2.86. The number of hydrogen-bond acceptors (Lipinski definition) is 2. The van der Waals surface area contributed by atoms with Gasteiger partial charge in [-0.15, -0.1) is 0 Å². The molecule has 4 bridgehead atoms. The van der Waals surface area contributed by atoms with Crippen molar-refractivity contribution in [2.75, 3.05) is 9.80 Å². The number of para-hydroxylation sites is 3. The van der Waals surface area contributed by atoms with Crippen LogP contribution in [0.15, 0.2) is 176 Å². The zero-order valence-corrected chi connectivity index (χ0v) is 31.2. The van der Waals surface area contributed by atoms with Crippen molar-refractivity contribution in [3.05, 3.63) is 193 Å². The Kier molecular flexibility index (Phi) is 8.51. The van der Waals surface area contributed by atoms with Crippen LogP contribution < -0.4 is 9.80 Å². The molecule has 2 heteroatoms. The third kappa shape index (κ3) is 5.97. The highest BCUT2D eigenvalue weighted by Crippen LogP contribution is 2.61. The lowest BCUT2D eigenvalue weighted by molar-refractivity contribution is -0.00518. The van der Waals surface area contributed by atoms with E-state index in [0.717, 1.165) is 47.7 Å². The van der Waals surface area contributed by atoms with Gasteiger partial charge in [-0.3, -0.25) is 0 Å². The smallest absolute Gasteiger partial charge is 0.0461 e. The van der Waals surface area contributed by atoms with E-state index < -0.39 is 0 Å². The van der Waals surface area contributed by atoms with Crippen LogP contribution in [-0.4, -0.2) is 0 Å². The van der Waals surface area contributed by atoms with E-state index in [1.54, 1.807) is 5.56 Å². The molecule has 0 radical (unpaired) electrons. The van der Waals surface area contributed by atoms with Crippen LogP contribution in [0.3, 0.4) is 0 Å². The van der Waals surface area contributed by atoms with Gasteiger partial charge in [-0.2, -0.15) is 0 Å². The van der Waals surface area contributed by atoms with E-state index in [1.165, 1.54) is 73.1 Å². The molecule has 1 atom stereocenters. The summed E-state index contributed by atoms with van der Waals surface area (Å²) in [4.78, 5) is 4.78. The maximum atomic E-state index is 2.48. The molecule has 0 heterocycles. The summed E-state index contributed by atoms with van der Waals surface area (Å²) in [7, 11) is 0. The third-order valence-electron chi connectivity index (χ3n) is 13.4. The lowest BCUT2D eigenvalue weighted by atomic mass is 9.48. The van der Waals surface area contributed by atoms with Crippen molar-refractivity contribution < 1.29 is 0 Å². The van der Waals surface area contributed by atoms with Gasteiger partial charge in [-0.1, -0.05) is 103 Å². The molecule has 1 unspecified atom stereocenters. The molecule has 0 saturated heterocycles. The highest BCUT2D eigenvalue weighted by Gasteiger charge is 2.51. The monoisotopic (exact) mass is 702 g/mol. The van der Waals surface area contributed by atoms with Crippen molar-refractivity contribution in [3.63, 3.8) is 0 Å². The highest BCUT2D eigenvalue weighted by molar-refractivity contribution is 5.78.